The molecule has 204 valence electrons. The number of esters is 1. The maximum absolute atomic E-state index is 13.3. The molecule has 1 aromatic carbocycles. The molecular formula is C28H42N4O4S. The Bertz CT molecular complexity index is 1000. The van der Waals surface area contributed by atoms with Crippen LogP contribution in [0.3, 0.4) is 0 Å². The van der Waals surface area contributed by atoms with E-state index in [2.05, 4.69) is 19.2 Å². The Morgan fingerprint density at radius 1 is 1.05 bits per heavy atom. The van der Waals surface area contributed by atoms with Gasteiger partial charge in [-0.25, -0.2) is 4.79 Å². The lowest BCUT2D eigenvalue weighted by atomic mass is 10.0. The third-order valence-electron chi connectivity index (χ3n) is 5.97. The predicted molar refractivity (Wildman–Crippen MR) is 149 cm³/mol. The van der Waals surface area contributed by atoms with Crippen LogP contribution >= 0.6 is 11.3 Å². The van der Waals surface area contributed by atoms with Gasteiger partial charge in [-0.15, -0.1) is 11.3 Å². The maximum atomic E-state index is 13.3. The van der Waals surface area contributed by atoms with E-state index >= 15 is 0 Å². The molecule has 0 aliphatic carbocycles. The first kappa shape index (κ1) is 30.5. The molecule has 0 spiro atoms. The number of amides is 2. The molecule has 1 aromatic heterocycles. The first-order chi connectivity index (χ1) is 17.7. The Hall–Kier alpha value is -2.75. The second kappa shape index (κ2) is 15.5. The summed E-state index contributed by atoms with van der Waals surface area (Å²) in [5.74, 6) is -1.07. The van der Waals surface area contributed by atoms with Crippen LogP contribution in [0.5, 0.6) is 0 Å². The first-order valence-electron chi connectivity index (χ1n) is 13.1. The van der Waals surface area contributed by atoms with Crippen LogP contribution in [-0.2, 0) is 11.2 Å². The lowest BCUT2D eigenvalue weighted by Crippen LogP contribution is -2.46. The summed E-state index contributed by atoms with van der Waals surface area (Å²) in [6, 6.07) is 7.82. The van der Waals surface area contributed by atoms with Crippen LogP contribution in [0.25, 0.3) is 0 Å². The van der Waals surface area contributed by atoms with Crippen LogP contribution in [-0.4, -0.2) is 61.0 Å². The van der Waals surface area contributed by atoms with Crippen LogP contribution in [0.15, 0.2) is 35.7 Å². The van der Waals surface area contributed by atoms with Crippen molar-refractivity contribution in [3.63, 3.8) is 0 Å². The maximum Gasteiger partial charge on any atom is 0.338 e. The largest absolute Gasteiger partial charge is 0.456 e. The molecule has 37 heavy (non-hydrogen) atoms. The SMILES string of the molecule is CCCN(CCC)C(=O)c1cc(C(N)=O)cc(C(=O)O[C@H](CNCCC(C)C)[C@H](N)Cc2cccs2)c1. The van der Waals surface area contributed by atoms with Crippen LogP contribution in [0, 0.1) is 5.92 Å². The molecule has 0 unspecified atom stereocenters. The summed E-state index contributed by atoms with van der Waals surface area (Å²) < 4.78 is 5.88. The lowest BCUT2D eigenvalue weighted by Gasteiger charge is -2.25. The van der Waals surface area contributed by atoms with Crippen molar-refractivity contribution in [1.29, 1.82) is 0 Å². The van der Waals surface area contributed by atoms with Gasteiger partial charge in [0.1, 0.15) is 6.10 Å². The number of carbonyl (C=O) groups is 3. The second-order valence-electron chi connectivity index (χ2n) is 9.73. The molecule has 2 aromatic rings. The Labute approximate surface area is 224 Å². The van der Waals surface area contributed by atoms with Crippen LogP contribution in [0.1, 0.15) is 82.9 Å². The number of ether oxygens (including phenoxy) is 1. The number of benzene rings is 1. The molecule has 0 saturated carbocycles. The minimum Gasteiger partial charge on any atom is -0.456 e. The lowest BCUT2D eigenvalue weighted by molar-refractivity contribution is 0.0239. The van der Waals surface area contributed by atoms with Gasteiger partial charge in [0.25, 0.3) is 5.91 Å². The predicted octanol–water partition coefficient (Wildman–Crippen LogP) is 3.84. The molecule has 0 bridgehead atoms. The van der Waals surface area contributed by atoms with Crippen molar-refractivity contribution < 1.29 is 19.1 Å². The van der Waals surface area contributed by atoms with Gasteiger partial charge in [-0.1, -0.05) is 33.8 Å². The minimum atomic E-state index is -0.720. The van der Waals surface area contributed by atoms with Gasteiger partial charge in [0.15, 0.2) is 0 Å². The van der Waals surface area contributed by atoms with Crippen LogP contribution in [0.4, 0.5) is 0 Å². The summed E-state index contributed by atoms with van der Waals surface area (Å²) in [5, 5.41) is 5.33. The number of hydrogen-bond acceptors (Lipinski definition) is 7. The highest BCUT2D eigenvalue weighted by Gasteiger charge is 2.25. The summed E-state index contributed by atoms with van der Waals surface area (Å²) in [6.45, 7) is 10.6. The fourth-order valence-corrected chi connectivity index (χ4v) is 4.74. The number of primary amides is 1. The second-order valence-corrected chi connectivity index (χ2v) is 10.8. The van der Waals surface area contributed by atoms with E-state index in [0.717, 1.165) is 30.7 Å². The Balaban J connectivity index is 2.28. The fraction of sp³-hybridized carbons (Fsp3) is 0.536. The van der Waals surface area contributed by atoms with Gasteiger partial charge < -0.3 is 26.4 Å². The number of rotatable bonds is 16. The summed E-state index contributed by atoms with van der Waals surface area (Å²) in [4.78, 5) is 41.3. The van der Waals surface area contributed by atoms with E-state index in [4.69, 9.17) is 16.2 Å². The zero-order valence-electron chi connectivity index (χ0n) is 22.5. The Morgan fingerprint density at radius 3 is 2.27 bits per heavy atom. The van der Waals surface area contributed by atoms with Gasteiger partial charge in [0.05, 0.1) is 5.56 Å². The normalized spacial score (nSPS) is 12.8. The Morgan fingerprint density at radius 2 is 1.70 bits per heavy atom. The van der Waals surface area contributed by atoms with Crippen molar-refractivity contribution >= 4 is 29.1 Å². The van der Waals surface area contributed by atoms with Crippen molar-refractivity contribution in [1.82, 2.24) is 10.2 Å². The first-order valence-corrected chi connectivity index (χ1v) is 14.0. The monoisotopic (exact) mass is 530 g/mol. The van der Waals surface area contributed by atoms with Gasteiger partial charge in [-0.3, -0.25) is 9.59 Å². The van der Waals surface area contributed by atoms with E-state index in [1.54, 1.807) is 16.2 Å². The topological polar surface area (TPSA) is 128 Å². The zero-order chi connectivity index (χ0) is 27.4. The number of thiophene rings is 1. The number of nitrogens with one attached hydrogen (secondary N) is 1. The van der Waals surface area contributed by atoms with E-state index in [9.17, 15) is 14.4 Å². The third kappa shape index (κ3) is 9.91. The van der Waals surface area contributed by atoms with E-state index in [-0.39, 0.29) is 22.6 Å². The van der Waals surface area contributed by atoms with Crippen molar-refractivity contribution in [2.75, 3.05) is 26.2 Å². The molecule has 0 aliphatic heterocycles. The number of hydrogen-bond donors (Lipinski definition) is 3. The average Bonchev–Trinajstić information content (AvgIpc) is 3.37. The van der Waals surface area contributed by atoms with E-state index in [0.29, 0.717) is 32.0 Å². The van der Waals surface area contributed by atoms with E-state index in [1.165, 1.54) is 18.2 Å². The molecule has 9 heteroatoms. The zero-order valence-corrected chi connectivity index (χ0v) is 23.3. The van der Waals surface area contributed by atoms with E-state index < -0.39 is 24.0 Å². The molecule has 0 radical (unpaired) electrons. The van der Waals surface area contributed by atoms with Crippen molar-refractivity contribution in [3.05, 3.63) is 57.3 Å². The van der Waals surface area contributed by atoms with Crippen molar-refractivity contribution in [3.8, 4) is 0 Å². The summed E-state index contributed by atoms with van der Waals surface area (Å²) in [5.41, 5.74) is 12.4. The third-order valence-corrected chi connectivity index (χ3v) is 6.87. The molecule has 1 heterocycles. The smallest absolute Gasteiger partial charge is 0.338 e. The number of nitrogens with zero attached hydrogens (tertiary/aromatic N) is 1. The van der Waals surface area contributed by atoms with Crippen LogP contribution in [0.2, 0.25) is 0 Å². The number of nitrogens with two attached hydrogens (primary N) is 2. The molecule has 0 saturated heterocycles. The summed E-state index contributed by atoms with van der Waals surface area (Å²) in [7, 11) is 0. The molecular weight excluding hydrogens is 488 g/mol. The van der Waals surface area contributed by atoms with Gasteiger partial charge in [0, 0.05) is 48.1 Å². The summed E-state index contributed by atoms with van der Waals surface area (Å²) >= 11 is 1.60. The highest BCUT2D eigenvalue weighted by molar-refractivity contribution is 7.09. The molecule has 0 aliphatic rings. The standard InChI is InChI=1S/C28H42N4O4S/c1-5-11-32(12-6-2)27(34)21-14-20(26(30)33)15-22(16-21)28(35)36-25(18-31-10-9-19(3)4)24(29)17-23-8-7-13-37-23/h7-8,13-16,19,24-25,31H,5-6,9-12,17-18,29H2,1-4H3,(H2,30,33)/t24-,25-/m1/s1. The van der Waals surface area contributed by atoms with Crippen molar-refractivity contribution in [2.45, 2.75) is 65.5 Å². The molecule has 8 nitrogen and oxygen atoms in total. The fourth-order valence-electron chi connectivity index (χ4n) is 3.96. The van der Waals surface area contributed by atoms with Gasteiger partial charge >= 0.3 is 5.97 Å². The molecule has 2 atom stereocenters. The average molecular weight is 531 g/mol. The molecule has 0 fully saturated rings. The highest BCUT2D eigenvalue weighted by Crippen LogP contribution is 2.18. The molecule has 5 N–H and O–H groups in total. The van der Waals surface area contributed by atoms with E-state index in [1.807, 2.05) is 31.4 Å². The number of carbonyl (C=O) groups excluding carboxylic acids is 3. The van der Waals surface area contributed by atoms with Gasteiger partial charge in [-0.05, 0) is 61.4 Å². The van der Waals surface area contributed by atoms with Gasteiger partial charge in [0.2, 0.25) is 5.91 Å². The quantitative estimate of drug-likeness (QED) is 0.223. The van der Waals surface area contributed by atoms with Crippen molar-refractivity contribution in [2.24, 2.45) is 17.4 Å². The van der Waals surface area contributed by atoms with Gasteiger partial charge in [-0.2, -0.15) is 0 Å². The molecule has 2 rings (SSSR count). The molecule has 2 amide bonds. The Kier molecular flexibility index (Phi) is 12.8. The minimum absolute atomic E-state index is 0.0836. The highest BCUT2D eigenvalue weighted by atomic mass is 32.1. The van der Waals surface area contributed by atoms with Crippen LogP contribution < -0.4 is 16.8 Å². The summed E-state index contributed by atoms with van der Waals surface area (Å²) in [6.07, 6.45) is 2.54.